The van der Waals surface area contributed by atoms with Crippen molar-refractivity contribution in [1.82, 2.24) is 0 Å². The third kappa shape index (κ3) is 4.09. The minimum Gasteiger partial charge on any atom is -0.487 e. The highest BCUT2D eigenvalue weighted by Crippen LogP contribution is 2.47. The van der Waals surface area contributed by atoms with Crippen LogP contribution in [0.25, 0.3) is 0 Å². The third-order valence-corrected chi connectivity index (χ3v) is 3.36. The maximum atomic E-state index is 12.0. The number of nitro groups is 1. The van der Waals surface area contributed by atoms with Gasteiger partial charge in [0.05, 0.1) is 31.3 Å². The Bertz CT molecular complexity index is 646. The second-order valence-electron chi connectivity index (χ2n) is 5.02. The number of nitro benzene ring substituents is 1. The largest absolute Gasteiger partial charge is 0.487 e. The molecule has 138 valence electrons. The molecule has 1 unspecified atom stereocenters. The van der Waals surface area contributed by atoms with Crippen LogP contribution in [-0.4, -0.2) is 64.8 Å². The highest BCUT2D eigenvalue weighted by Gasteiger charge is 2.36. The van der Waals surface area contributed by atoms with Gasteiger partial charge in [-0.2, -0.15) is 0 Å². The first kappa shape index (κ1) is 18.7. The maximum absolute atomic E-state index is 12.0. The molecule has 0 N–H and O–H groups in total. The number of carbonyl (C=O) groups is 1. The number of ether oxygens (including phenoxy) is 6. The van der Waals surface area contributed by atoms with Gasteiger partial charge in [0.15, 0.2) is 23.2 Å². The van der Waals surface area contributed by atoms with Crippen molar-refractivity contribution >= 4 is 11.7 Å². The number of methoxy groups -OCH3 is 3. The summed E-state index contributed by atoms with van der Waals surface area (Å²) in [5.74, 6) is -0.816. The van der Waals surface area contributed by atoms with Crippen molar-refractivity contribution in [2.45, 2.75) is 6.10 Å². The Morgan fingerprint density at radius 2 is 2.04 bits per heavy atom. The van der Waals surface area contributed by atoms with Crippen molar-refractivity contribution in [2.75, 3.05) is 47.8 Å². The lowest BCUT2D eigenvalue weighted by molar-refractivity contribution is -0.385. The summed E-state index contributed by atoms with van der Waals surface area (Å²) < 4.78 is 31.4. The Morgan fingerprint density at radius 1 is 1.28 bits per heavy atom. The van der Waals surface area contributed by atoms with Crippen LogP contribution >= 0.6 is 0 Å². The first-order valence-electron chi connectivity index (χ1n) is 7.37. The molecule has 1 atom stereocenters. The van der Waals surface area contributed by atoms with Gasteiger partial charge in [0.25, 0.3) is 5.69 Å². The lowest BCUT2D eigenvalue weighted by Crippen LogP contribution is -2.34. The van der Waals surface area contributed by atoms with Crippen LogP contribution in [0, 0.1) is 10.1 Å². The van der Waals surface area contributed by atoms with Crippen LogP contribution < -0.4 is 14.2 Å². The summed E-state index contributed by atoms with van der Waals surface area (Å²) in [6, 6.07) is 1.11. The van der Waals surface area contributed by atoms with Gasteiger partial charge in [-0.25, -0.2) is 4.79 Å². The Balaban J connectivity index is 2.53. The highest BCUT2D eigenvalue weighted by molar-refractivity contribution is 5.99. The normalized spacial score (nSPS) is 15.6. The number of hydrogen-bond acceptors (Lipinski definition) is 9. The fourth-order valence-electron chi connectivity index (χ4n) is 2.28. The zero-order chi connectivity index (χ0) is 18.4. The predicted molar refractivity (Wildman–Crippen MR) is 83.6 cm³/mol. The Labute approximate surface area is 143 Å². The summed E-state index contributed by atoms with van der Waals surface area (Å²) in [7, 11) is 4.12. The molecule has 10 heteroatoms. The summed E-state index contributed by atoms with van der Waals surface area (Å²) in [4.78, 5) is 22.7. The van der Waals surface area contributed by atoms with Gasteiger partial charge < -0.3 is 28.4 Å². The first-order chi connectivity index (χ1) is 12.0. The molecule has 10 nitrogen and oxygen atoms in total. The second kappa shape index (κ2) is 8.49. The molecular formula is C15H19NO9. The van der Waals surface area contributed by atoms with Crippen LogP contribution in [0.1, 0.15) is 10.4 Å². The lowest BCUT2D eigenvalue weighted by Gasteiger charge is -2.28. The molecule has 0 radical (unpaired) electrons. The maximum Gasteiger partial charge on any atom is 0.348 e. The van der Waals surface area contributed by atoms with Gasteiger partial charge in [0.1, 0.15) is 13.2 Å². The topological polar surface area (TPSA) is 116 Å². The zero-order valence-corrected chi connectivity index (χ0v) is 14.1. The number of nitrogens with zero attached hydrogens (tertiary/aromatic N) is 1. The molecule has 1 aliphatic heterocycles. The van der Waals surface area contributed by atoms with Crippen LogP contribution in [0.3, 0.4) is 0 Å². The van der Waals surface area contributed by atoms with Crippen LogP contribution in [0.5, 0.6) is 17.2 Å². The standard InChI is InChI=1S/C15H19NO9/c1-20-4-5-23-11-6-10(16(18)19)12(15(17)22-3)14-13(11)25-9(7-21-2)8-24-14/h6,9H,4-5,7-8H2,1-3H3. The highest BCUT2D eigenvalue weighted by atomic mass is 16.6. The summed E-state index contributed by atoms with van der Waals surface area (Å²) in [6.45, 7) is 0.699. The van der Waals surface area contributed by atoms with E-state index in [0.717, 1.165) is 13.2 Å². The van der Waals surface area contributed by atoms with E-state index in [-0.39, 0.29) is 49.2 Å². The van der Waals surface area contributed by atoms with Crippen LogP contribution in [0.4, 0.5) is 5.69 Å². The zero-order valence-electron chi connectivity index (χ0n) is 14.1. The van der Waals surface area contributed by atoms with Crippen molar-refractivity contribution in [3.63, 3.8) is 0 Å². The van der Waals surface area contributed by atoms with Gasteiger partial charge in [0, 0.05) is 14.2 Å². The molecule has 0 spiro atoms. The Morgan fingerprint density at radius 3 is 2.64 bits per heavy atom. The first-order valence-corrected chi connectivity index (χ1v) is 7.37. The van der Waals surface area contributed by atoms with E-state index in [1.165, 1.54) is 14.2 Å². The van der Waals surface area contributed by atoms with Gasteiger partial charge in [-0.15, -0.1) is 0 Å². The molecule has 1 aromatic rings. The molecule has 1 aromatic carbocycles. The minimum atomic E-state index is -0.903. The molecule has 0 fully saturated rings. The molecule has 1 aliphatic rings. The summed E-state index contributed by atoms with van der Waals surface area (Å²) >= 11 is 0. The fourth-order valence-corrected chi connectivity index (χ4v) is 2.28. The second-order valence-corrected chi connectivity index (χ2v) is 5.02. The van der Waals surface area contributed by atoms with Gasteiger partial charge in [-0.1, -0.05) is 0 Å². The van der Waals surface area contributed by atoms with Crippen molar-refractivity contribution < 1.29 is 38.1 Å². The smallest absolute Gasteiger partial charge is 0.348 e. The molecule has 1 heterocycles. The molecule has 0 saturated heterocycles. The van der Waals surface area contributed by atoms with Crippen molar-refractivity contribution in [2.24, 2.45) is 0 Å². The number of carbonyl (C=O) groups excluding carboxylic acids is 1. The quantitative estimate of drug-likeness (QED) is 0.293. The SMILES string of the molecule is COCCOc1cc([N+](=O)[O-])c(C(=O)OC)c2c1OC(COC)CO2. The van der Waals surface area contributed by atoms with E-state index in [1.54, 1.807) is 0 Å². The third-order valence-electron chi connectivity index (χ3n) is 3.36. The number of benzene rings is 1. The lowest BCUT2D eigenvalue weighted by atomic mass is 10.1. The van der Waals surface area contributed by atoms with Gasteiger partial charge >= 0.3 is 5.97 Å². The monoisotopic (exact) mass is 357 g/mol. The molecule has 25 heavy (non-hydrogen) atoms. The number of hydrogen-bond donors (Lipinski definition) is 0. The van der Waals surface area contributed by atoms with Crippen molar-refractivity contribution in [1.29, 1.82) is 0 Å². The molecule has 0 bridgehead atoms. The average molecular weight is 357 g/mol. The molecule has 0 aliphatic carbocycles. The summed E-state index contributed by atoms with van der Waals surface area (Å²) in [6.07, 6.45) is -0.450. The predicted octanol–water partition coefficient (Wildman–Crippen LogP) is 1.19. The molecular weight excluding hydrogens is 338 g/mol. The van der Waals surface area contributed by atoms with E-state index in [9.17, 15) is 14.9 Å². The molecule has 2 rings (SSSR count). The summed E-state index contributed by atoms with van der Waals surface area (Å²) in [5.41, 5.74) is -0.815. The molecule has 0 saturated carbocycles. The molecule has 0 amide bonds. The van der Waals surface area contributed by atoms with Crippen molar-refractivity contribution in [3.8, 4) is 17.2 Å². The van der Waals surface area contributed by atoms with Gasteiger partial charge in [-0.05, 0) is 0 Å². The van der Waals surface area contributed by atoms with E-state index in [0.29, 0.717) is 0 Å². The number of fused-ring (bicyclic) bond motifs is 1. The number of rotatable bonds is 8. The van der Waals surface area contributed by atoms with Crippen LogP contribution in [0.15, 0.2) is 6.07 Å². The minimum absolute atomic E-state index is 0.0590. The van der Waals surface area contributed by atoms with Gasteiger partial charge in [0.2, 0.25) is 5.75 Å². The average Bonchev–Trinajstić information content (AvgIpc) is 2.61. The van der Waals surface area contributed by atoms with Gasteiger partial charge in [-0.3, -0.25) is 10.1 Å². The van der Waals surface area contributed by atoms with E-state index in [4.69, 9.17) is 23.7 Å². The van der Waals surface area contributed by atoms with Crippen LogP contribution in [-0.2, 0) is 14.2 Å². The van der Waals surface area contributed by atoms with E-state index < -0.39 is 22.7 Å². The molecule has 0 aromatic heterocycles. The Hall–Kier alpha value is -2.59. The van der Waals surface area contributed by atoms with Crippen LogP contribution in [0.2, 0.25) is 0 Å². The fraction of sp³-hybridized carbons (Fsp3) is 0.533. The van der Waals surface area contributed by atoms with Crippen molar-refractivity contribution in [3.05, 3.63) is 21.7 Å². The van der Waals surface area contributed by atoms with E-state index in [1.807, 2.05) is 0 Å². The van der Waals surface area contributed by atoms with E-state index in [2.05, 4.69) is 4.74 Å². The number of esters is 1. The van der Waals surface area contributed by atoms with E-state index >= 15 is 0 Å². The summed E-state index contributed by atoms with van der Waals surface area (Å²) in [5, 5.41) is 11.4. The Kier molecular flexibility index (Phi) is 6.37.